The molecular formula is C56H73N11O11S2. The van der Waals surface area contributed by atoms with E-state index in [1.807, 2.05) is 60.7 Å². The summed E-state index contributed by atoms with van der Waals surface area (Å²) in [6, 6.07) is 15.9. The molecule has 80 heavy (non-hydrogen) atoms. The highest BCUT2D eigenvalue weighted by atomic mass is 32.1. The summed E-state index contributed by atoms with van der Waals surface area (Å²) < 4.78 is 0. The molecule has 15 N–H and O–H groups in total. The lowest BCUT2D eigenvalue weighted by Gasteiger charge is -2.29. The number of unbranched alkanes of at least 4 members (excludes halogenated alkanes) is 1. The molecule has 0 radical (unpaired) electrons. The maximum atomic E-state index is 14.9. The van der Waals surface area contributed by atoms with Crippen LogP contribution in [0.15, 0.2) is 97.2 Å². The van der Waals surface area contributed by atoms with Gasteiger partial charge in [-0.1, -0.05) is 86.6 Å². The Morgan fingerprint density at radius 1 is 0.575 bits per heavy atom. The Kier molecular flexibility index (Phi) is 24.2. The number of nitrogens with one attached hydrogen (secondary N) is 9. The third-order valence-corrected chi connectivity index (χ3v) is 14.0. The number of phenolic OH excluding ortho intramolecular Hbond substituents is 1. The van der Waals surface area contributed by atoms with Crippen LogP contribution in [-0.2, 0) is 62.4 Å². The van der Waals surface area contributed by atoms with Crippen molar-refractivity contribution >= 4 is 100 Å². The second-order valence-corrected chi connectivity index (χ2v) is 20.7. The van der Waals surface area contributed by atoms with Crippen LogP contribution in [0.3, 0.4) is 0 Å². The Hall–Kier alpha value is -7.67. The molecule has 0 aliphatic rings. The topological polar surface area (TPSA) is 358 Å². The zero-order valence-corrected chi connectivity index (χ0v) is 46.8. The van der Waals surface area contributed by atoms with Gasteiger partial charge in [0.05, 0.1) is 12.1 Å². The number of fused-ring (bicyclic) bond motifs is 2. The Labute approximate surface area is 474 Å². The quantitative estimate of drug-likeness (QED) is 0.0220. The molecule has 1 heterocycles. The van der Waals surface area contributed by atoms with Crippen molar-refractivity contribution in [1.82, 2.24) is 47.5 Å². The standard InChI is InChI=1S/C56H73N11O11S2/c1-30(2)47(56(78)65-46(29-80)55(77)67-48(31(3)68)49(58)71)66-51(73)42(15-9-10-22-59-32(4)69)61-53(75)44(26-37-27-60-41-14-8-7-13-39(37)41)63-52(74)43(25-33-17-20-38(70)21-18-33)62-54(76)45(28-79)64-50(72)40(57)24-34-16-19-35-11-5-6-12-36(35)23-34/h5-8,11-14,16-21,23,27,30-31,40,42-48,60,68,70,79-80H,9-10,15,22,24-26,28-29,57H2,1-4H3,(H2,58,71)(H,59,69)(H,61,75)(H,62,76)(H,63,74)(H,64,72)(H,65,78)(H,66,73)(H,67,77)/t31-,40+,42+,43+,44-,45+,46+,47+,48+/m1/s1. The Morgan fingerprint density at radius 3 is 1.71 bits per heavy atom. The van der Waals surface area contributed by atoms with Crippen molar-refractivity contribution in [2.45, 2.75) is 121 Å². The van der Waals surface area contributed by atoms with E-state index in [0.717, 1.165) is 27.2 Å². The molecule has 430 valence electrons. The number of rotatable bonds is 30. The largest absolute Gasteiger partial charge is 0.508 e. The minimum atomic E-state index is -1.48. The van der Waals surface area contributed by atoms with Crippen LogP contribution in [-0.4, -0.2) is 141 Å². The van der Waals surface area contributed by atoms with E-state index in [1.165, 1.54) is 26.0 Å². The van der Waals surface area contributed by atoms with E-state index in [2.05, 4.69) is 72.8 Å². The van der Waals surface area contributed by atoms with Crippen LogP contribution in [0.5, 0.6) is 5.75 Å². The molecule has 1 aromatic heterocycles. The average molecular weight is 1140 g/mol. The number of phenols is 1. The van der Waals surface area contributed by atoms with Crippen molar-refractivity contribution in [3.63, 3.8) is 0 Å². The van der Waals surface area contributed by atoms with Gasteiger partial charge in [-0.3, -0.25) is 43.2 Å². The van der Waals surface area contributed by atoms with Gasteiger partial charge in [-0.05, 0) is 84.2 Å². The summed E-state index contributed by atoms with van der Waals surface area (Å²) in [7, 11) is 0. The number of primary amides is 1. The van der Waals surface area contributed by atoms with Crippen LogP contribution >= 0.6 is 25.3 Å². The SMILES string of the molecule is CC(=O)NCCCC[C@H](NC(=O)[C@@H](Cc1c[nH]c2ccccc12)NC(=O)[C@H](Cc1ccc(O)cc1)NC(=O)[C@H](CS)NC(=O)[C@@H](N)Cc1ccc2ccccc2c1)C(=O)N[C@H](C(=O)N[C@@H](CS)C(=O)N[C@H](C(N)=O)[C@@H](C)O)C(C)C. The van der Waals surface area contributed by atoms with Crippen LogP contribution in [0.1, 0.15) is 63.6 Å². The first kappa shape index (κ1) is 63.2. The number of aromatic nitrogens is 1. The molecule has 0 aliphatic carbocycles. The van der Waals surface area contributed by atoms with Gasteiger partial charge in [-0.15, -0.1) is 0 Å². The summed E-state index contributed by atoms with van der Waals surface area (Å²) in [4.78, 5) is 126. The highest BCUT2D eigenvalue weighted by Gasteiger charge is 2.36. The third kappa shape index (κ3) is 18.7. The van der Waals surface area contributed by atoms with E-state index < -0.39 is 108 Å². The fourth-order valence-corrected chi connectivity index (χ4v) is 9.26. The normalized spacial score (nSPS) is 14.7. The number of carbonyl (C=O) groups is 9. The van der Waals surface area contributed by atoms with E-state index >= 15 is 0 Å². The maximum absolute atomic E-state index is 14.9. The number of aliphatic hydroxyl groups is 1. The first-order valence-electron chi connectivity index (χ1n) is 26.2. The molecular weight excluding hydrogens is 1070 g/mol. The third-order valence-electron chi connectivity index (χ3n) is 13.2. The van der Waals surface area contributed by atoms with Crippen LogP contribution in [0.4, 0.5) is 0 Å². The number of amides is 9. The van der Waals surface area contributed by atoms with E-state index in [1.54, 1.807) is 38.2 Å². The zero-order valence-electron chi connectivity index (χ0n) is 45.0. The van der Waals surface area contributed by atoms with Crippen molar-refractivity contribution in [3.8, 4) is 5.75 Å². The summed E-state index contributed by atoms with van der Waals surface area (Å²) in [6.07, 6.45) is 0.803. The van der Waals surface area contributed by atoms with E-state index in [0.29, 0.717) is 17.5 Å². The number of aromatic amines is 1. The monoisotopic (exact) mass is 1140 g/mol. The lowest BCUT2D eigenvalue weighted by Crippen LogP contribution is -2.62. The number of hydrogen-bond donors (Lipinski definition) is 15. The molecule has 0 fully saturated rings. The molecule has 4 aromatic carbocycles. The number of aromatic hydroxyl groups is 1. The molecule has 0 aliphatic heterocycles. The number of benzene rings is 4. The molecule has 24 heteroatoms. The van der Waals surface area contributed by atoms with E-state index in [9.17, 15) is 53.4 Å². The molecule has 9 atom stereocenters. The minimum Gasteiger partial charge on any atom is -0.508 e. The Bertz CT molecular complexity index is 2980. The second kappa shape index (κ2) is 30.6. The molecule has 0 bridgehead atoms. The summed E-state index contributed by atoms with van der Waals surface area (Å²) in [5, 5.41) is 43.9. The van der Waals surface area contributed by atoms with Gasteiger partial charge in [0.25, 0.3) is 0 Å². The fourth-order valence-electron chi connectivity index (χ4n) is 8.74. The first-order chi connectivity index (χ1) is 38.1. The minimum absolute atomic E-state index is 0.0187. The van der Waals surface area contributed by atoms with Crippen molar-refractivity contribution in [2.75, 3.05) is 18.1 Å². The van der Waals surface area contributed by atoms with Gasteiger partial charge in [0.15, 0.2) is 0 Å². The van der Waals surface area contributed by atoms with Gasteiger partial charge in [0.2, 0.25) is 53.2 Å². The smallest absolute Gasteiger partial charge is 0.244 e. The fraction of sp³-hybridized carbons (Fsp3) is 0.411. The Morgan fingerprint density at radius 2 is 1.10 bits per heavy atom. The highest BCUT2D eigenvalue weighted by Crippen LogP contribution is 2.21. The molecule has 5 rings (SSSR count). The van der Waals surface area contributed by atoms with Crippen molar-refractivity contribution in [1.29, 1.82) is 0 Å². The van der Waals surface area contributed by atoms with E-state index in [-0.39, 0.29) is 61.8 Å². The second-order valence-electron chi connectivity index (χ2n) is 19.9. The number of thiol groups is 2. The van der Waals surface area contributed by atoms with E-state index in [4.69, 9.17) is 11.5 Å². The predicted octanol–water partition coefficient (Wildman–Crippen LogP) is 0.464. The lowest BCUT2D eigenvalue weighted by atomic mass is 10.00. The van der Waals surface area contributed by atoms with Gasteiger partial charge in [0.1, 0.15) is 48.0 Å². The van der Waals surface area contributed by atoms with Crippen molar-refractivity contribution in [3.05, 3.63) is 114 Å². The number of para-hydroxylation sites is 1. The highest BCUT2D eigenvalue weighted by molar-refractivity contribution is 7.80. The molecule has 0 saturated carbocycles. The van der Waals surface area contributed by atoms with Gasteiger partial charge in [0, 0.05) is 54.9 Å². The van der Waals surface area contributed by atoms with Gasteiger partial charge in [-0.2, -0.15) is 25.3 Å². The first-order valence-corrected chi connectivity index (χ1v) is 27.5. The Balaban J connectivity index is 1.41. The lowest BCUT2D eigenvalue weighted by molar-refractivity contribution is -0.136. The maximum Gasteiger partial charge on any atom is 0.244 e. The molecule has 9 amide bonds. The van der Waals surface area contributed by atoms with Gasteiger partial charge < -0.3 is 69.2 Å². The zero-order chi connectivity index (χ0) is 58.6. The van der Waals surface area contributed by atoms with Gasteiger partial charge >= 0.3 is 0 Å². The molecule has 0 saturated heterocycles. The average Bonchev–Trinajstić information content (AvgIpc) is 3.83. The molecule has 0 unspecified atom stereocenters. The molecule has 22 nitrogen and oxygen atoms in total. The van der Waals surface area contributed by atoms with Crippen LogP contribution in [0.2, 0.25) is 0 Å². The molecule has 0 spiro atoms. The summed E-state index contributed by atoms with van der Waals surface area (Å²) in [5.41, 5.74) is 14.3. The summed E-state index contributed by atoms with van der Waals surface area (Å²) in [6.45, 7) is 6.11. The van der Waals surface area contributed by atoms with Crippen molar-refractivity contribution < 1.29 is 53.4 Å². The number of hydrogen-bond acceptors (Lipinski definition) is 14. The number of carbonyl (C=O) groups excluding carboxylic acids is 9. The van der Waals surface area contributed by atoms with Crippen LogP contribution < -0.4 is 54.0 Å². The van der Waals surface area contributed by atoms with Crippen molar-refractivity contribution in [2.24, 2.45) is 17.4 Å². The summed E-state index contributed by atoms with van der Waals surface area (Å²) in [5.74, 6) is -8.03. The number of nitrogens with two attached hydrogens (primary N) is 2. The van der Waals surface area contributed by atoms with Gasteiger partial charge in [-0.25, -0.2) is 0 Å². The van der Waals surface area contributed by atoms with Crippen LogP contribution in [0.25, 0.3) is 21.7 Å². The number of aliphatic hydroxyl groups excluding tert-OH is 1. The van der Waals surface area contributed by atoms with Crippen LogP contribution in [0, 0.1) is 5.92 Å². The number of H-pyrrole nitrogens is 1. The predicted molar refractivity (Wildman–Crippen MR) is 309 cm³/mol. The molecule has 5 aromatic rings. The summed E-state index contributed by atoms with van der Waals surface area (Å²) >= 11 is 8.54.